The normalized spacial score (nSPS) is 14.1. The van der Waals surface area contributed by atoms with Crippen LogP contribution in [0.2, 0.25) is 5.02 Å². The number of halogens is 6. The van der Waals surface area contributed by atoms with Crippen LogP contribution in [0.1, 0.15) is 17.0 Å². The Bertz CT molecular complexity index is 391. The van der Waals surface area contributed by atoms with Crippen molar-refractivity contribution in [2.24, 2.45) is 5.73 Å². The lowest BCUT2D eigenvalue weighted by Gasteiger charge is -2.16. The molecule has 2 N–H and O–H groups in total. The molecule has 1 aromatic rings. The van der Waals surface area contributed by atoms with Crippen LogP contribution in [0.5, 0.6) is 0 Å². The Morgan fingerprint density at radius 1 is 1.18 bits per heavy atom. The summed E-state index contributed by atoms with van der Waals surface area (Å²) >= 11 is 5.48. The monoisotopic (exact) mass is 273 g/mol. The van der Waals surface area contributed by atoms with E-state index in [4.69, 9.17) is 17.3 Å². The molecule has 1 atom stereocenters. The van der Waals surface area contributed by atoms with Gasteiger partial charge in [-0.15, -0.1) is 0 Å². The zero-order valence-electron chi connectivity index (χ0n) is 8.44. The van der Waals surface area contributed by atoms with E-state index in [2.05, 4.69) is 0 Å². The van der Waals surface area contributed by atoms with E-state index >= 15 is 0 Å². The molecule has 17 heavy (non-hydrogen) atoms. The molecule has 0 radical (unpaired) electrons. The average Bonchev–Trinajstić information content (AvgIpc) is 2.15. The van der Waals surface area contributed by atoms with E-state index in [-0.39, 0.29) is 10.6 Å². The predicted octanol–water partition coefficient (Wildman–Crippen LogP) is 3.67. The van der Waals surface area contributed by atoms with Crippen molar-refractivity contribution in [3.63, 3.8) is 0 Å². The average molecular weight is 274 g/mol. The van der Waals surface area contributed by atoms with Gasteiger partial charge in [-0.05, 0) is 23.8 Å². The summed E-state index contributed by atoms with van der Waals surface area (Å²) in [7, 11) is 0. The van der Waals surface area contributed by atoms with Gasteiger partial charge in [0.15, 0.2) is 0 Å². The number of nitrogens with two attached hydrogens (primary N) is 1. The van der Waals surface area contributed by atoms with Crippen molar-refractivity contribution < 1.29 is 22.0 Å². The lowest BCUT2D eigenvalue weighted by molar-refractivity contribution is -0.137. The van der Waals surface area contributed by atoms with Crippen LogP contribution in [0, 0.1) is 0 Å². The molecule has 0 aliphatic carbocycles. The molecule has 1 aromatic carbocycles. The zero-order chi connectivity index (χ0) is 13.2. The highest BCUT2D eigenvalue weighted by molar-refractivity contribution is 6.30. The lowest BCUT2D eigenvalue weighted by Crippen LogP contribution is -2.20. The van der Waals surface area contributed by atoms with Crippen molar-refractivity contribution in [2.75, 3.05) is 6.54 Å². The molecule has 0 aliphatic rings. The smallest absolute Gasteiger partial charge is 0.330 e. The van der Waals surface area contributed by atoms with Crippen molar-refractivity contribution >= 4 is 11.6 Å². The van der Waals surface area contributed by atoms with Gasteiger partial charge in [0.2, 0.25) is 6.43 Å². The SMILES string of the molecule is NCC(c1cc(Cl)cc(C(F)(F)F)c1)C(F)F. The summed E-state index contributed by atoms with van der Waals surface area (Å²) in [5.41, 5.74) is 3.85. The molecule has 1 unspecified atom stereocenters. The molecule has 0 saturated heterocycles. The highest BCUT2D eigenvalue weighted by Gasteiger charge is 2.32. The van der Waals surface area contributed by atoms with Gasteiger partial charge in [-0.2, -0.15) is 13.2 Å². The third-order valence-corrected chi connectivity index (χ3v) is 2.45. The maximum absolute atomic E-state index is 12.5. The summed E-state index contributed by atoms with van der Waals surface area (Å²) in [5, 5.41) is -0.242. The molecule has 0 aromatic heterocycles. The van der Waals surface area contributed by atoms with E-state index in [9.17, 15) is 22.0 Å². The van der Waals surface area contributed by atoms with Gasteiger partial charge >= 0.3 is 6.18 Å². The highest BCUT2D eigenvalue weighted by atomic mass is 35.5. The molecule has 0 fully saturated rings. The summed E-state index contributed by atoms with van der Waals surface area (Å²) in [6.45, 7) is -0.449. The van der Waals surface area contributed by atoms with Gasteiger partial charge in [0.25, 0.3) is 0 Å². The van der Waals surface area contributed by atoms with Gasteiger partial charge in [0, 0.05) is 11.6 Å². The summed E-state index contributed by atoms with van der Waals surface area (Å²) in [5.74, 6) is -1.45. The summed E-state index contributed by atoms with van der Waals surface area (Å²) < 4.78 is 62.4. The Balaban J connectivity index is 3.21. The van der Waals surface area contributed by atoms with Crippen LogP contribution in [0.25, 0.3) is 0 Å². The van der Waals surface area contributed by atoms with Gasteiger partial charge in [0.1, 0.15) is 0 Å². The summed E-state index contributed by atoms with van der Waals surface area (Å²) in [6, 6.07) is 2.40. The van der Waals surface area contributed by atoms with Crippen molar-refractivity contribution in [1.29, 1.82) is 0 Å². The second-order valence-corrected chi connectivity index (χ2v) is 3.88. The fraction of sp³-hybridized carbons (Fsp3) is 0.400. The van der Waals surface area contributed by atoms with Crippen LogP contribution in [0.4, 0.5) is 22.0 Å². The van der Waals surface area contributed by atoms with Crippen LogP contribution < -0.4 is 5.73 Å². The third-order valence-electron chi connectivity index (χ3n) is 2.23. The summed E-state index contributed by atoms with van der Waals surface area (Å²) in [4.78, 5) is 0. The second-order valence-electron chi connectivity index (χ2n) is 3.45. The number of alkyl halides is 5. The molecular formula is C10H9ClF5N. The Morgan fingerprint density at radius 2 is 1.76 bits per heavy atom. The van der Waals surface area contributed by atoms with E-state index in [1.165, 1.54) is 0 Å². The maximum Gasteiger partial charge on any atom is 0.416 e. The third kappa shape index (κ3) is 3.54. The topological polar surface area (TPSA) is 26.0 Å². The minimum absolute atomic E-state index is 0.206. The predicted molar refractivity (Wildman–Crippen MR) is 54.3 cm³/mol. The number of hydrogen-bond donors (Lipinski definition) is 1. The Kier molecular flexibility index (Phi) is 4.32. The van der Waals surface area contributed by atoms with E-state index in [1.54, 1.807) is 0 Å². The fourth-order valence-electron chi connectivity index (χ4n) is 1.37. The molecule has 0 bridgehead atoms. The lowest BCUT2D eigenvalue weighted by atomic mass is 9.97. The number of benzene rings is 1. The van der Waals surface area contributed by atoms with Gasteiger partial charge in [-0.25, -0.2) is 8.78 Å². The first-order valence-electron chi connectivity index (χ1n) is 4.61. The molecule has 1 nitrogen and oxygen atoms in total. The molecule has 0 saturated carbocycles. The van der Waals surface area contributed by atoms with Crippen LogP contribution in [-0.4, -0.2) is 13.0 Å². The van der Waals surface area contributed by atoms with E-state index in [1.807, 2.05) is 0 Å². The molecule has 0 aliphatic heterocycles. The number of rotatable bonds is 3. The fourth-order valence-corrected chi connectivity index (χ4v) is 1.62. The zero-order valence-corrected chi connectivity index (χ0v) is 9.19. The van der Waals surface area contributed by atoms with E-state index in [0.717, 1.165) is 6.07 Å². The Labute approximate surface area is 99.4 Å². The molecule has 7 heteroatoms. The quantitative estimate of drug-likeness (QED) is 0.836. The van der Waals surface area contributed by atoms with E-state index < -0.39 is 30.6 Å². The van der Waals surface area contributed by atoms with Gasteiger partial charge in [-0.3, -0.25) is 0 Å². The highest BCUT2D eigenvalue weighted by Crippen LogP contribution is 2.34. The van der Waals surface area contributed by atoms with Gasteiger partial charge < -0.3 is 5.73 Å². The van der Waals surface area contributed by atoms with Crippen molar-refractivity contribution in [1.82, 2.24) is 0 Å². The first kappa shape index (κ1) is 14.2. The minimum atomic E-state index is -4.62. The van der Waals surface area contributed by atoms with Crippen LogP contribution in [-0.2, 0) is 6.18 Å². The van der Waals surface area contributed by atoms with Crippen LogP contribution >= 0.6 is 11.6 Å². The summed E-state index contributed by atoms with van der Waals surface area (Å²) in [6.07, 6.45) is -7.46. The van der Waals surface area contributed by atoms with Gasteiger partial charge in [0.05, 0.1) is 11.5 Å². The Morgan fingerprint density at radius 3 is 2.18 bits per heavy atom. The van der Waals surface area contributed by atoms with E-state index in [0.29, 0.717) is 12.1 Å². The largest absolute Gasteiger partial charge is 0.416 e. The first-order valence-corrected chi connectivity index (χ1v) is 4.99. The van der Waals surface area contributed by atoms with Crippen molar-refractivity contribution in [2.45, 2.75) is 18.5 Å². The molecule has 1 rings (SSSR count). The van der Waals surface area contributed by atoms with Gasteiger partial charge in [-0.1, -0.05) is 11.6 Å². The standard InChI is InChI=1S/C10H9ClF5N/c11-7-2-5(8(4-17)9(12)13)1-6(3-7)10(14,15)16/h1-3,8-9H,4,17H2. The second kappa shape index (κ2) is 5.18. The maximum atomic E-state index is 12.5. The van der Waals surface area contributed by atoms with Crippen LogP contribution in [0.3, 0.4) is 0 Å². The molecule has 0 spiro atoms. The first-order chi connectivity index (χ1) is 7.75. The molecule has 0 heterocycles. The van der Waals surface area contributed by atoms with Crippen LogP contribution in [0.15, 0.2) is 18.2 Å². The Hall–Kier alpha value is -0.880. The minimum Gasteiger partial charge on any atom is -0.330 e. The molecule has 96 valence electrons. The number of hydrogen-bond acceptors (Lipinski definition) is 1. The molecule has 0 amide bonds. The van der Waals surface area contributed by atoms with Crippen molar-refractivity contribution in [3.05, 3.63) is 34.3 Å². The van der Waals surface area contributed by atoms with Crippen molar-refractivity contribution in [3.8, 4) is 0 Å². The molecular weight excluding hydrogens is 265 g/mol.